The summed E-state index contributed by atoms with van der Waals surface area (Å²) in [5.41, 5.74) is 7.73. The molecule has 1 aliphatic heterocycles. The van der Waals surface area contributed by atoms with Gasteiger partial charge in [-0.1, -0.05) is 70.0 Å². The van der Waals surface area contributed by atoms with E-state index in [9.17, 15) is 9.59 Å². The SMILES string of the molecule is CN=C(N)CNC(=O)c1ccc(C(CCC(C)(C)C)N2C(=O)C(c3cc(Cl)cc(Cl)c3)=NC23CCC(C(C)C)CC3)cc1. The molecule has 2 aliphatic rings. The Bertz CT molecular complexity index is 1370. The first-order valence-electron chi connectivity index (χ1n) is 15.2. The molecule has 7 nitrogen and oxygen atoms in total. The summed E-state index contributed by atoms with van der Waals surface area (Å²) in [5, 5.41) is 3.74. The average molecular weight is 627 g/mol. The van der Waals surface area contributed by atoms with Gasteiger partial charge in [0.15, 0.2) is 0 Å². The second-order valence-corrected chi connectivity index (χ2v) is 14.4. The van der Waals surface area contributed by atoms with Crippen molar-refractivity contribution in [2.45, 2.75) is 84.8 Å². The van der Waals surface area contributed by atoms with Gasteiger partial charge in [0.25, 0.3) is 11.8 Å². The number of aliphatic imine (C=N–C) groups is 2. The summed E-state index contributed by atoms with van der Waals surface area (Å²) in [6, 6.07) is 12.6. The van der Waals surface area contributed by atoms with Crippen LogP contribution in [-0.4, -0.2) is 47.5 Å². The molecule has 3 N–H and O–H groups in total. The summed E-state index contributed by atoms with van der Waals surface area (Å²) >= 11 is 12.8. The van der Waals surface area contributed by atoms with E-state index in [2.05, 4.69) is 44.9 Å². The molecule has 232 valence electrons. The molecule has 1 heterocycles. The highest BCUT2D eigenvalue weighted by Crippen LogP contribution is 2.48. The maximum Gasteiger partial charge on any atom is 0.275 e. The highest BCUT2D eigenvalue weighted by atomic mass is 35.5. The van der Waals surface area contributed by atoms with Crippen LogP contribution in [0.3, 0.4) is 0 Å². The molecule has 2 amide bonds. The summed E-state index contributed by atoms with van der Waals surface area (Å²) in [6.07, 6.45) is 5.27. The minimum Gasteiger partial charge on any atom is -0.386 e. The minimum atomic E-state index is -0.651. The van der Waals surface area contributed by atoms with Crippen LogP contribution in [0.2, 0.25) is 10.0 Å². The first-order chi connectivity index (χ1) is 20.2. The van der Waals surface area contributed by atoms with Gasteiger partial charge in [-0.25, -0.2) is 0 Å². The van der Waals surface area contributed by atoms with Gasteiger partial charge < -0.3 is 16.0 Å². The molecule has 0 radical (unpaired) electrons. The largest absolute Gasteiger partial charge is 0.386 e. The van der Waals surface area contributed by atoms with Crippen LogP contribution in [0.4, 0.5) is 0 Å². The number of hydrogen-bond acceptors (Lipinski definition) is 4. The van der Waals surface area contributed by atoms with E-state index in [1.54, 1.807) is 25.2 Å². The van der Waals surface area contributed by atoms with E-state index in [1.165, 1.54) is 0 Å². The third-order valence-electron chi connectivity index (χ3n) is 8.85. The lowest BCUT2D eigenvalue weighted by Gasteiger charge is -2.46. The van der Waals surface area contributed by atoms with Gasteiger partial charge in [-0.05, 0) is 91.7 Å². The monoisotopic (exact) mass is 625 g/mol. The fourth-order valence-corrected chi connectivity index (χ4v) is 6.79. The Hall–Kier alpha value is -2.90. The summed E-state index contributed by atoms with van der Waals surface area (Å²) in [4.78, 5) is 38.5. The zero-order chi connectivity index (χ0) is 31.5. The maximum atomic E-state index is 14.5. The quantitative estimate of drug-likeness (QED) is 0.223. The number of amides is 2. The molecule has 0 saturated heterocycles. The number of hydrogen-bond donors (Lipinski definition) is 2. The van der Waals surface area contributed by atoms with Gasteiger partial charge in [-0.15, -0.1) is 0 Å². The number of nitrogens with zero attached hydrogens (tertiary/aromatic N) is 3. The van der Waals surface area contributed by atoms with E-state index in [0.717, 1.165) is 44.1 Å². The third-order valence-corrected chi connectivity index (χ3v) is 9.29. The van der Waals surface area contributed by atoms with Crippen LogP contribution in [0.1, 0.15) is 101 Å². The van der Waals surface area contributed by atoms with Crippen molar-refractivity contribution in [3.05, 3.63) is 69.2 Å². The molecule has 43 heavy (non-hydrogen) atoms. The Balaban J connectivity index is 1.75. The molecule has 1 fully saturated rings. The summed E-state index contributed by atoms with van der Waals surface area (Å²) < 4.78 is 0. The predicted octanol–water partition coefficient (Wildman–Crippen LogP) is 7.45. The van der Waals surface area contributed by atoms with E-state index in [4.69, 9.17) is 33.9 Å². The van der Waals surface area contributed by atoms with Crippen molar-refractivity contribution in [3.63, 3.8) is 0 Å². The normalized spacial score (nSPS) is 21.8. The van der Waals surface area contributed by atoms with Crippen molar-refractivity contribution in [2.24, 2.45) is 33.0 Å². The van der Waals surface area contributed by atoms with Crippen LogP contribution >= 0.6 is 23.2 Å². The first-order valence-corrected chi connectivity index (χ1v) is 16.0. The Kier molecular flexibility index (Phi) is 10.3. The second-order valence-electron chi connectivity index (χ2n) is 13.5. The number of halogens is 2. The number of benzene rings is 2. The standard InChI is InChI=1S/C34H45Cl2N5O2/c1-21(2)22-11-15-34(16-12-22)40-30(25-17-26(35)19-27(36)18-25)32(43)41(34)28(13-14-33(3,4)5)23-7-9-24(10-8-23)31(42)39-20-29(37)38-6/h7-10,17-19,21-22,28H,11-16,20H2,1-6H3,(H2,37,38)(H,39,42). The molecule has 9 heteroatoms. The summed E-state index contributed by atoms with van der Waals surface area (Å²) in [5.74, 6) is 1.20. The molecule has 1 unspecified atom stereocenters. The van der Waals surface area contributed by atoms with Crippen LogP contribution in [0, 0.1) is 17.3 Å². The van der Waals surface area contributed by atoms with Crippen LogP contribution in [-0.2, 0) is 4.79 Å². The van der Waals surface area contributed by atoms with Gasteiger partial charge in [0.05, 0.1) is 12.6 Å². The van der Waals surface area contributed by atoms with Crippen molar-refractivity contribution < 1.29 is 9.59 Å². The van der Waals surface area contributed by atoms with E-state index < -0.39 is 5.66 Å². The molecule has 0 aromatic heterocycles. The van der Waals surface area contributed by atoms with E-state index >= 15 is 0 Å². The molecule has 2 aromatic rings. The van der Waals surface area contributed by atoms with E-state index in [1.807, 2.05) is 29.2 Å². The molecule has 0 bridgehead atoms. The van der Waals surface area contributed by atoms with Gasteiger partial charge >= 0.3 is 0 Å². The van der Waals surface area contributed by atoms with Crippen molar-refractivity contribution >= 4 is 46.6 Å². The third kappa shape index (κ3) is 7.79. The lowest BCUT2D eigenvalue weighted by atomic mass is 9.75. The van der Waals surface area contributed by atoms with Crippen molar-refractivity contribution in [1.29, 1.82) is 0 Å². The Morgan fingerprint density at radius 3 is 2.26 bits per heavy atom. The second kappa shape index (κ2) is 13.4. The van der Waals surface area contributed by atoms with Gasteiger partial charge in [-0.2, -0.15) is 0 Å². The van der Waals surface area contributed by atoms with E-state index in [0.29, 0.717) is 44.6 Å². The fourth-order valence-electron chi connectivity index (χ4n) is 6.27. The zero-order valence-electron chi connectivity index (χ0n) is 26.2. The Morgan fingerprint density at radius 1 is 1.12 bits per heavy atom. The topological polar surface area (TPSA) is 100 Å². The van der Waals surface area contributed by atoms with Crippen LogP contribution in [0.25, 0.3) is 0 Å². The van der Waals surface area contributed by atoms with Gasteiger partial charge in [0.2, 0.25) is 0 Å². The molecule has 1 atom stereocenters. The number of nitrogens with one attached hydrogen (secondary N) is 1. The Morgan fingerprint density at radius 2 is 1.72 bits per heavy atom. The molecular weight excluding hydrogens is 581 g/mol. The number of carbonyl (C=O) groups excluding carboxylic acids is 2. The minimum absolute atomic E-state index is 0.0637. The van der Waals surface area contributed by atoms with Crippen LogP contribution < -0.4 is 11.1 Å². The van der Waals surface area contributed by atoms with E-state index in [-0.39, 0.29) is 29.8 Å². The average Bonchev–Trinajstić information content (AvgIpc) is 3.22. The fraction of sp³-hybridized carbons (Fsp3) is 0.529. The number of amidine groups is 1. The molecule has 1 aliphatic carbocycles. The summed E-state index contributed by atoms with van der Waals surface area (Å²) in [7, 11) is 1.59. The predicted molar refractivity (Wildman–Crippen MR) is 177 cm³/mol. The first kappa shape index (κ1) is 33.0. The highest BCUT2D eigenvalue weighted by Gasteiger charge is 2.52. The molecular formula is C34H45Cl2N5O2. The van der Waals surface area contributed by atoms with Gasteiger partial charge in [0, 0.05) is 28.2 Å². The van der Waals surface area contributed by atoms with Crippen molar-refractivity contribution in [1.82, 2.24) is 10.2 Å². The number of rotatable bonds is 9. The summed E-state index contributed by atoms with van der Waals surface area (Å²) in [6.45, 7) is 11.4. The molecule has 4 rings (SSSR count). The Labute approximate surface area is 266 Å². The lowest BCUT2D eigenvalue weighted by molar-refractivity contribution is -0.133. The highest BCUT2D eigenvalue weighted by molar-refractivity contribution is 6.47. The number of carbonyl (C=O) groups is 2. The van der Waals surface area contributed by atoms with Crippen molar-refractivity contribution in [3.8, 4) is 0 Å². The van der Waals surface area contributed by atoms with Crippen LogP contribution in [0.5, 0.6) is 0 Å². The maximum absolute atomic E-state index is 14.5. The van der Waals surface area contributed by atoms with Gasteiger partial charge in [0.1, 0.15) is 17.2 Å². The smallest absolute Gasteiger partial charge is 0.275 e. The lowest BCUT2D eigenvalue weighted by Crippen LogP contribution is -2.51. The van der Waals surface area contributed by atoms with Crippen LogP contribution in [0.15, 0.2) is 52.4 Å². The van der Waals surface area contributed by atoms with Gasteiger partial charge in [-0.3, -0.25) is 19.6 Å². The molecule has 1 spiro atoms. The number of nitrogens with two attached hydrogens (primary N) is 1. The molecule has 1 saturated carbocycles. The zero-order valence-corrected chi connectivity index (χ0v) is 27.7. The van der Waals surface area contributed by atoms with Crippen molar-refractivity contribution in [2.75, 3.05) is 13.6 Å². The molecule has 2 aromatic carbocycles.